The van der Waals surface area contributed by atoms with E-state index in [9.17, 15) is 14.7 Å². The van der Waals surface area contributed by atoms with E-state index in [1.807, 2.05) is 60.7 Å². The number of hydrogen-bond acceptors (Lipinski definition) is 5. The molecule has 39 heavy (non-hydrogen) atoms. The van der Waals surface area contributed by atoms with Crippen molar-refractivity contribution >= 4 is 17.4 Å². The Labute approximate surface area is 229 Å². The second-order valence-electron chi connectivity index (χ2n) is 11.2. The molecule has 0 saturated carbocycles. The minimum atomic E-state index is -0.690. The Morgan fingerprint density at radius 2 is 1.74 bits per heavy atom. The first-order valence-corrected chi connectivity index (χ1v) is 13.5. The third-order valence-electron chi connectivity index (χ3n) is 7.61. The number of amides is 1. The highest BCUT2D eigenvalue weighted by atomic mass is 16.5. The molecule has 202 valence electrons. The number of likely N-dealkylation sites (tertiary alicyclic amines) is 1. The number of ketones is 1. The summed E-state index contributed by atoms with van der Waals surface area (Å²) in [4.78, 5) is 28.5. The normalized spacial score (nSPS) is 18.6. The Hall–Kier alpha value is -4.06. The van der Waals surface area contributed by atoms with Crippen molar-refractivity contribution in [3.8, 4) is 11.5 Å². The van der Waals surface area contributed by atoms with Gasteiger partial charge in [-0.2, -0.15) is 0 Å². The lowest BCUT2D eigenvalue weighted by Crippen LogP contribution is -2.31. The van der Waals surface area contributed by atoms with Crippen LogP contribution in [0.25, 0.3) is 5.76 Å². The maximum atomic E-state index is 13.5. The van der Waals surface area contributed by atoms with Gasteiger partial charge in [0.15, 0.2) is 0 Å². The number of nitrogens with zero attached hydrogens (tertiary/aromatic N) is 1. The highest BCUT2D eigenvalue weighted by Gasteiger charge is 2.46. The van der Waals surface area contributed by atoms with E-state index < -0.39 is 17.7 Å². The molecule has 0 aromatic heterocycles. The zero-order chi connectivity index (χ0) is 27.7. The van der Waals surface area contributed by atoms with Crippen LogP contribution in [0.3, 0.4) is 0 Å². The molecular weight excluding hydrogens is 490 g/mol. The fraction of sp³-hybridized carbons (Fsp3) is 0.333. The number of fused-ring (bicyclic) bond motifs is 1. The van der Waals surface area contributed by atoms with Gasteiger partial charge in [-0.15, -0.1) is 0 Å². The van der Waals surface area contributed by atoms with Crippen LogP contribution in [0.5, 0.6) is 11.5 Å². The monoisotopic (exact) mass is 525 g/mol. The number of rotatable bonds is 6. The van der Waals surface area contributed by atoms with Gasteiger partial charge in [0, 0.05) is 12.1 Å². The molecule has 2 heterocycles. The summed E-state index contributed by atoms with van der Waals surface area (Å²) in [5, 5.41) is 11.5. The molecule has 0 spiro atoms. The number of carbonyl (C=O) groups excluding carboxylic acids is 2. The summed E-state index contributed by atoms with van der Waals surface area (Å²) in [6, 6.07) is 20.4. The van der Waals surface area contributed by atoms with Crippen molar-refractivity contribution in [1.29, 1.82) is 0 Å². The molecule has 6 heteroatoms. The van der Waals surface area contributed by atoms with Gasteiger partial charge in [0.2, 0.25) is 0 Å². The van der Waals surface area contributed by atoms with Gasteiger partial charge in [0.25, 0.3) is 11.7 Å². The average Bonchev–Trinajstić information content (AvgIpc) is 3.20. The highest BCUT2D eigenvalue weighted by molar-refractivity contribution is 6.46. The SMILES string of the molecule is COc1ccc(CCN2C(=O)C(=O)/C(=C(\O)c3ccc4c(c3)CCCO4)C2c2ccc(C(C)(C)C)cc2)cc1. The predicted octanol–water partition coefficient (Wildman–Crippen LogP) is 5.98. The van der Waals surface area contributed by atoms with Crippen molar-refractivity contribution in [2.45, 2.75) is 51.5 Å². The average molecular weight is 526 g/mol. The molecule has 1 saturated heterocycles. The predicted molar refractivity (Wildman–Crippen MR) is 151 cm³/mol. The third kappa shape index (κ3) is 5.29. The lowest BCUT2D eigenvalue weighted by atomic mass is 9.85. The second-order valence-corrected chi connectivity index (χ2v) is 11.2. The first kappa shape index (κ1) is 26.5. The van der Waals surface area contributed by atoms with Crippen LogP contribution >= 0.6 is 0 Å². The van der Waals surface area contributed by atoms with Crippen LogP contribution in [0, 0.1) is 0 Å². The molecule has 0 aliphatic carbocycles. The standard InChI is InChI=1S/C33H35NO5/c1-33(2,3)25-12-9-22(10-13-25)29-28(30(35)24-11-16-27-23(20-24)6-5-19-39-27)31(36)32(37)34(29)18-17-21-7-14-26(38-4)15-8-21/h7-16,20,29,35H,5-6,17-19H2,1-4H3/b30-28-. The fourth-order valence-corrected chi connectivity index (χ4v) is 5.33. The van der Waals surface area contributed by atoms with Crippen LogP contribution in [-0.4, -0.2) is 42.0 Å². The number of aliphatic hydroxyl groups excluding tert-OH is 1. The zero-order valence-corrected chi connectivity index (χ0v) is 23.0. The van der Waals surface area contributed by atoms with E-state index in [2.05, 4.69) is 20.8 Å². The Bertz CT molecular complexity index is 1410. The fourth-order valence-electron chi connectivity index (χ4n) is 5.33. The van der Waals surface area contributed by atoms with Crippen LogP contribution < -0.4 is 9.47 Å². The summed E-state index contributed by atoms with van der Waals surface area (Å²) in [5.41, 5.74) is 4.55. The zero-order valence-electron chi connectivity index (χ0n) is 23.0. The quantitative estimate of drug-likeness (QED) is 0.243. The number of benzene rings is 3. The maximum Gasteiger partial charge on any atom is 0.295 e. The number of aliphatic hydroxyl groups is 1. The number of hydrogen-bond donors (Lipinski definition) is 1. The van der Waals surface area contributed by atoms with Gasteiger partial charge in [-0.1, -0.05) is 57.2 Å². The topological polar surface area (TPSA) is 76.1 Å². The lowest BCUT2D eigenvalue weighted by Gasteiger charge is -2.27. The molecule has 3 aromatic carbocycles. The number of Topliss-reactive ketones (excluding diaryl/α,β-unsaturated/α-hetero) is 1. The van der Waals surface area contributed by atoms with E-state index in [-0.39, 0.29) is 16.7 Å². The largest absolute Gasteiger partial charge is 0.507 e. The molecule has 5 rings (SSSR count). The Morgan fingerprint density at radius 1 is 1.03 bits per heavy atom. The molecule has 1 unspecified atom stereocenters. The molecular formula is C33H35NO5. The summed E-state index contributed by atoms with van der Waals surface area (Å²) >= 11 is 0. The molecule has 2 aliphatic rings. The molecule has 1 atom stereocenters. The molecule has 1 fully saturated rings. The van der Waals surface area contributed by atoms with Crippen molar-refractivity contribution in [3.63, 3.8) is 0 Å². The molecule has 3 aromatic rings. The summed E-state index contributed by atoms with van der Waals surface area (Å²) < 4.78 is 11.0. The minimum Gasteiger partial charge on any atom is -0.507 e. The van der Waals surface area contributed by atoms with E-state index >= 15 is 0 Å². The first-order valence-electron chi connectivity index (χ1n) is 13.5. The molecule has 2 aliphatic heterocycles. The van der Waals surface area contributed by atoms with Crippen molar-refractivity contribution in [1.82, 2.24) is 4.90 Å². The van der Waals surface area contributed by atoms with Crippen molar-refractivity contribution in [3.05, 3.63) is 100 Å². The lowest BCUT2D eigenvalue weighted by molar-refractivity contribution is -0.139. The second kappa shape index (κ2) is 10.6. The van der Waals surface area contributed by atoms with Crippen molar-refractivity contribution in [2.24, 2.45) is 0 Å². The van der Waals surface area contributed by atoms with E-state index in [0.717, 1.165) is 46.6 Å². The molecule has 1 N–H and O–H groups in total. The van der Waals surface area contributed by atoms with Crippen LogP contribution in [-0.2, 0) is 27.8 Å². The molecule has 0 radical (unpaired) electrons. The maximum absolute atomic E-state index is 13.5. The van der Waals surface area contributed by atoms with Crippen LogP contribution in [0.1, 0.15) is 61.1 Å². The van der Waals surface area contributed by atoms with Gasteiger partial charge in [-0.25, -0.2) is 0 Å². The van der Waals surface area contributed by atoms with Gasteiger partial charge < -0.3 is 19.5 Å². The number of methoxy groups -OCH3 is 1. The third-order valence-corrected chi connectivity index (χ3v) is 7.61. The van der Waals surface area contributed by atoms with E-state index in [4.69, 9.17) is 9.47 Å². The molecule has 6 nitrogen and oxygen atoms in total. The summed E-state index contributed by atoms with van der Waals surface area (Å²) in [5.74, 6) is 0.136. The van der Waals surface area contributed by atoms with Crippen molar-refractivity contribution in [2.75, 3.05) is 20.3 Å². The van der Waals surface area contributed by atoms with E-state index in [0.29, 0.717) is 25.1 Å². The summed E-state index contributed by atoms with van der Waals surface area (Å²) in [6.07, 6.45) is 2.29. The van der Waals surface area contributed by atoms with E-state index in [1.54, 1.807) is 18.1 Å². The summed E-state index contributed by atoms with van der Waals surface area (Å²) in [6.45, 7) is 7.42. The van der Waals surface area contributed by atoms with Gasteiger partial charge in [0.1, 0.15) is 17.3 Å². The minimum absolute atomic E-state index is 0.0418. The van der Waals surface area contributed by atoms with Crippen LogP contribution in [0.4, 0.5) is 0 Å². The van der Waals surface area contributed by atoms with Crippen LogP contribution in [0.15, 0.2) is 72.3 Å². The highest BCUT2D eigenvalue weighted by Crippen LogP contribution is 2.41. The number of carbonyl (C=O) groups is 2. The number of ether oxygens (including phenoxy) is 2. The number of aryl methyl sites for hydroxylation is 1. The van der Waals surface area contributed by atoms with Gasteiger partial charge in [-0.3, -0.25) is 9.59 Å². The van der Waals surface area contributed by atoms with Crippen molar-refractivity contribution < 1.29 is 24.2 Å². The van der Waals surface area contributed by atoms with E-state index in [1.165, 1.54) is 0 Å². The van der Waals surface area contributed by atoms with Gasteiger partial charge >= 0.3 is 0 Å². The smallest absolute Gasteiger partial charge is 0.295 e. The summed E-state index contributed by atoms with van der Waals surface area (Å²) in [7, 11) is 1.62. The Kier molecular flexibility index (Phi) is 7.21. The van der Waals surface area contributed by atoms with Gasteiger partial charge in [0.05, 0.1) is 25.3 Å². The molecule has 0 bridgehead atoms. The molecule has 1 amide bonds. The Balaban J connectivity index is 1.55. The van der Waals surface area contributed by atoms with Crippen LogP contribution in [0.2, 0.25) is 0 Å². The van der Waals surface area contributed by atoms with Gasteiger partial charge in [-0.05, 0) is 77.3 Å². The first-order chi connectivity index (χ1) is 18.7. The Morgan fingerprint density at radius 3 is 2.41 bits per heavy atom.